The topological polar surface area (TPSA) is 33.2 Å². The Morgan fingerprint density at radius 2 is 1.67 bits per heavy atom. The third-order valence-electron chi connectivity index (χ3n) is 4.05. The molecule has 0 spiro atoms. The highest BCUT2D eigenvalue weighted by atomic mass is 19.4. The lowest BCUT2D eigenvalue weighted by molar-refractivity contribution is -0.137. The number of hydrogen-bond donors (Lipinski definition) is 0. The Balaban J connectivity index is 1.67. The Labute approximate surface area is 138 Å². The number of amides is 1. The monoisotopic (exact) mass is 334 g/mol. The van der Waals surface area contributed by atoms with E-state index in [-0.39, 0.29) is 18.4 Å². The van der Waals surface area contributed by atoms with Gasteiger partial charge in [-0.15, -0.1) is 0 Å². The molecular weight excluding hydrogens is 317 g/mol. The first-order valence-electron chi connectivity index (χ1n) is 7.78. The maximum atomic E-state index is 12.6. The molecule has 1 amide bonds. The van der Waals surface area contributed by atoms with E-state index < -0.39 is 11.7 Å². The summed E-state index contributed by atoms with van der Waals surface area (Å²) >= 11 is 0. The van der Waals surface area contributed by atoms with Crippen LogP contribution in [0.25, 0.3) is 0 Å². The Kier molecular flexibility index (Phi) is 4.55. The average molecular weight is 334 g/mol. The third kappa shape index (κ3) is 4.13. The molecule has 6 heteroatoms. The van der Waals surface area contributed by atoms with E-state index in [1.807, 2.05) is 17.0 Å². The van der Waals surface area contributed by atoms with Crippen LogP contribution in [0, 0.1) is 0 Å². The van der Waals surface area contributed by atoms with Gasteiger partial charge in [0, 0.05) is 25.0 Å². The lowest BCUT2D eigenvalue weighted by Gasteiger charge is -2.22. The van der Waals surface area contributed by atoms with E-state index in [2.05, 4.69) is 4.98 Å². The minimum Gasteiger partial charge on any atom is -0.335 e. The number of hydrogen-bond acceptors (Lipinski definition) is 2. The van der Waals surface area contributed by atoms with Gasteiger partial charge in [0.2, 0.25) is 5.91 Å². The maximum absolute atomic E-state index is 12.6. The van der Waals surface area contributed by atoms with Crippen molar-refractivity contribution in [2.24, 2.45) is 0 Å². The van der Waals surface area contributed by atoms with Crippen LogP contribution in [-0.4, -0.2) is 21.8 Å². The van der Waals surface area contributed by atoms with Crippen molar-refractivity contribution in [3.05, 3.63) is 65.5 Å². The summed E-state index contributed by atoms with van der Waals surface area (Å²) in [6.45, 7) is 0.507. The number of carbonyl (C=O) groups excluding carboxylic acids is 1. The van der Waals surface area contributed by atoms with Crippen LogP contribution in [0.4, 0.5) is 13.2 Å². The van der Waals surface area contributed by atoms with Crippen molar-refractivity contribution >= 4 is 5.91 Å². The summed E-state index contributed by atoms with van der Waals surface area (Å²) in [5.41, 5.74) is 0.889. The zero-order chi connectivity index (χ0) is 17.2. The molecule has 0 N–H and O–H groups in total. The first kappa shape index (κ1) is 16.5. The molecule has 0 radical (unpaired) electrons. The number of nitrogens with zero attached hydrogens (tertiary/aromatic N) is 2. The molecule has 0 saturated heterocycles. The van der Waals surface area contributed by atoms with Gasteiger partial charge in [-0.3, -0.25) is 9.78 Å². The average Bonchev–Trinajstić information content (AvgIpc) is 3.38. The highest BCUT2D eigenvalue weighted by molar-refractivity contribution is 5.79. The highest BCUT2D eigenvalue weighted by Gasteiger charge is 2.33. The van der Waals surface area contributed by atoms with Crippen molar-refractivity contribution < 1.29 is 18.0 Å². The molecule has 3 nitrogen and oxygen atoms in total. The first-order valence-corrected chi connectivity index (χ1v) is 7.78. The lowest BCUT2D eigenvalue weighted by Crippen LogP contribution is -2.33. The van der Waals surface area contributed by atoms with Crippen LogP contribution < -0.4 is 0 Å². The lowest BCUT2D eigenvalue weighted by atomic mass is 10.1. The number of aromatic nitrogens is 1. The number of carbonyl (C=O) groups is 1. The summed E-state index contributed by atoms with van der Waals surface area (Å²) in [4.78, 5) is 18.3. The summed E-state index contributed by atoms with van der Waals surface area (Å²) in [5, 5.41) is 0. The van der Waals surface area contributed by atoms with Gasteiger partial charge in [-0.1, -0.05) is 12.1 Å². The quantitative estimate of drug-likeness (QED) is 0.832. The fourth-order valence-corrected chi connectivity index (χ4v) is 2.58. The minimum absolute atomic E-state index is 0.0610. The predicted molar refractivity (Wildman–Crippen MR) is 83.0 cm³/mol. The fraction of sp³-hybridized carbons (Fsp3) is 0.333. The second-order valence-corrected chi connectivity index (χ2v) is 5.98. The molecular formula is C18H17F3N2O. The van der Waals surface area contributed by atoms with E-state index in [9.17, 15) is 18.0 Å². The molecule has 1 fully saturated rings. The second-order valence-electron chi connectivity index (χ2n) is 5.98. The van der Waals surface area contributed by atoms with Crippen molar-refractivity contribution in [1.29, 1.82) is 0 Å². The van der Waals surface area contributed by atoms with Gasteiger partial charge in [-0.25, -0.2) is 0 Å². The zero-order valence-corrected chi connectivity index (χ0v) is 13.0. The number of rotatable bonds is 5. The molecule has 1 aliphatic carbocycles. The molecule has 1 aliphatic rings. The van der Waals surface area contributed by atoms with E-state index >= 15 is 0 Å². The first-order chi connectivity index (χ1) is 11.4. The molecule has 24 heavy (non-hydrogen) atoms. The molecule has 1 aromatic heterocycles. The van der Waals surface area contributed by atoms with E-state index in [0.717, 1.165) is 30.5 Å². The van der Waals surface area contributed by atoms with Gasteiger partial charge in [0.05, 0.1) is 12.0 Å². The van der Waals surface area contributed by atoms with Gasteiger partial charge in [0.1, 0.15) is 0 Å². The Morgan fingerprint density at radius 1 is 1.04 bits per heavy atom. The van der Waals surface area contributed by atoms with Gasteiger partial charge < -0.3 is 4.90 Å². The summed E-state index contributed by atoms with van der Waals surface area (Å²) < 4.78 is 37.8. The van der Waals surface area contributed by atoms with E-state index in [1.54, 1.807) is 12.4 Å². The second kappa shape index (κ2) is 6.63. The molecule has 0 bridgehead atoms. The van der Waals surface area contributed by atoms with Crippen LogP contribution in [0.5, 0.6) is 0 Å². The maximum Gasteiger partial charge on any atom is 0.416 e. The Hall–Kier alpha value is -2.37. The van der Waals surface area contributed by atoms with E-state index in [0.29, 0.717) is 12.1 Å². The fourth-order valence-electron chi connectivity index (χ4n) is 2.58. The molecule has 1 aromatic carbocycles. The van der Waals surface area contributed by atoms with E-state index in [1.165, 1.54) is 12.1 Å². The van der Waals surface area contributed by atoms with Crippen LogP contribution in [0.3, 0.4) is 0 Å². The van der Waals surface area contributed by atoms with Crippen molar-refractivity contribution in [3.63, 3.8) is 0 Å². The number of benzene rings is 1. The van der Waals surface area contributed by atoms with Gasteiger partial charge >= 0.3 is 6.18 Å². The minimum atomic E-state index is -4.36. The predicted octanol–water partition coefficient (Wildman–Crippen LogP) is 3.83. The van der Waals surface area contributed by atoms with Crippen LogP contribution in [0.1, 0.15) is 29.5 Å². The molecule has 0 atom stereocenters. The van der Waals surface area contributed by atoms with Gasteiger partial charge in [-0.2, -0.15) is 13.2 Å². The van der Waals surface area contributed by atoms with Crippen molar-refractivity contribution in [1.82, 2.24) is 9.88 Å². The van der Waals surface area contributed by atoms with Crippen molar-refractivity contribution in [2.45, 2.75) is 38.0 Å². The van der Waals surface area contributed by atoms with Crippen molar-refractivity contribution in [2.75, 3.05) is 0 Å². The summed E-state index contributed by atoms with van der Waals surface area (Å²) in [7, 11) is 0. The van der Waals surface area contributed by atoms with Gasteiger partial charge in [0.25, 0.3) is 0 Å². The number of pyridine rings is 1. The molecule has 126 valence electrons. The van der Waals surface area contributed by atoms with Crippen LogP contribution >= 0.6 is 0 Å². The summed E-state index contributed by atoms with van der Waals surface area (Å²) in [6, 6.07) is 8.75. The third-order valence-corrected chi connectivity index (χ3v) is 4.05. The highest BCUT2D eigenvalue weighted by Crippen LogP contribution is 2.30. The normalized spacial score (nSPS) is 14.5. The summed E-state index contributed by atoms with van der Waals surface area (Å²) in [6.07, 6.45) is 1.07. The van der Waals surface area contributed by atoms with Crippen LogP contribution in [-0.2, 0) is 23.9 Å². The number of alkyl halides is 3. The standard InChI is InChI=1S/C18H17F3N2O/c19-18(20,21)15-3-1-13(2-4-15)11-17(24)23(16-5-6-16)12-14-7-9-22-10-8-14/h1-4,7-10,16H,5-6,11-12H2. The summed E-state index contributed by atoms with van der Waals surface area (Å²) in [5.74, 6) is -0.0610. The Bertz CT molecular complexity index is 694. The number of halogens is 3. The smallest absolute Gasteiger partial charge is 0.335 e. The largest absolute Gasteiger partial charge is 0.416 e. The van der Waals surface area contributed by atoms with Gasteiger partial charge in [-0.05, 0) is 48.2 Å². The van der Waals surface area contributed by atoms with Crippen LogP contribution in [0.2, 0.25) is 0 Å². The molecule has 1 heterocycles. The van der Waals surface area contributed by atoms with Gasteiger partial charge in [0.15, 0.2) is 0 Å². The molecule has 2 aromatic rings. The molecule has 0 aliphatic heterocycles. The van der Waals surface area contributed by atoms with E-state index in [4.69, 9.17) is 0 Å². The zero-order valence-electron chi connectivity index (χ0n) is 13.0. The van der Waals surface area contributed by atoms with Crippen LogP contribution in [0.15, 0.2) is 48.8 Å². The molecule has 1 saturated carbocycles. The molecule has 3 rings (SSSR count). The van der Waals surface area contributed by atoms with Crippen molar-refractivity contribution in [3.8, 4) is 0 Å². The SMILES string of the molecule is O=C(Cc1ccc(C(F)(F)F)cc1)N(Cc1ccncc1)C1CC1. The molecule has 0 unspecified atom stereocenters. The Morgan fingerprint density at radius 3 is 2.21 bits per heavy atom.